The molecular weight excluding hydrogens is 444 g/mol. The van der Waals surface area contributed by atoms with Gasteiger partial charge in [0.2, 0.25) is 5.91 Å². The van der Waals surface area contributed by atoms with E-state index >= 15 is 0 Å². The van der Waals surface area contributed by atoms with Crippen molar-refractivity contribution in [1.82, 2.24) is 10.2 Å². The fourth-order valence-electron chi connectivity index (χ4n) is 4.88. The summed E-state index contributed by atoms with van der Waals surface area (Å²) in [4.78, 5) is 39.1. The Hall–Kier alpha value is -3.35. The minimum absolute atomic E-state index is 0.0123. The van der Waals surface area contributed by atoms with Gasteiger partial charge in [0, 0.05) is 24.9 Å². The molecule has 0 unspecified atom stereocenters. The Kier molecular flexibility index (Phi) is 8.54. The minimum Gasteiger partial charge on any atom is -0.481 e. The lowest BCUT2D eigenvalue weighted by molar-refractivity contribution is -0.142. The van der Waals surface area contributed by atoms with Gasteiger partial charge in [0.15, 0.2) is 0 Å². The number of benzene rings is 2. The molecule has 2 amide bonds. The maximum atomic E-state index is 13.6. The second kappa shape index (κ2) is 11.4. The molecule has 7 nitrogen and oxygen atoms in total. The van der Waals surface area contributed by atoms with E-state index in [0.29, 0.717) is 25.8 Å². The highest BCUT2D eigenvalue weighted by Gasteiger charge is 2.41. The lowest BCUT2D eigenvalue weighted by atomic mass is 9.90. The molecule has 0 aliphatic heterocycles. The normalized spacial score (nSPS) is 12.7. The first-order valence-electron chi connectivity index (χ1n) is 12.4. The molecule has 2 N–H and O–H groups in total. The van der Waals surface area contributed by atoms with Crippen molar-refractivity contribution in [3.63, 3.8) is 0 Å². The highest BCUT2D eigenvalue weighted by atomic mass is 16.5. The number of ether oxygens (including phenoxy) is 1. The molecule has 3 rings (SSSR count). The third kappa shape index (κ3) is 5.66. The molecule has 0 spiro atoms. The van der Waals surface area contributed by atoms with Crippen molar-refractivity contribution in [2.24, 2.45) is 0 Å². The van der Waals surface area contributed by atoms with Crippen molar-refractivity contribution in [2.75, 3.05) is 13.2 Å². The van der Waals surface area contributed by atoms with Crippen LogP contribution in [0.3, 0.4) is 0 Å². The fourth-order valence-corrected chi connectivity index (χ4v) is 4.88. The van der Waals surface area contributed by atoms with Gasteiger partial charge in [-0.25, -0.2) is 4.79 Å². The number of carboxylic acids is 1. The third-order valence-electron chi connectivity index (χ3n) is 6.98. The van der Waals surface area contributed by atoms with Crippen molar-refractivity contribution in [1.29, 1.82) is 0 Å². The van der Waals surface area contributed by atoms with E-state index in [1.165, 1.54) is 0 Å². The van der Waals surface area contributed by atoms with Gasteiger partial charge >= 0.3 is 12.1 Å². The van der Waals surface area contributed by atoms with Crippen LogP contribution in [-0.2, 0) is 14.3 Å². The standard InChI is InChI=1S/C28H36N2O5/c1-5-28(6-2,26(33)30(19(3)4)17-11-16-25(31)32)29-27(34)35-18-24-22-14-9-7-12-20(22)21-13-8-10-15-23(21)24/h7-10,12-15,19,24H,5-6,11,16-18H2,1-4H3,(H,29,34)(H,31,32). The second-order valence-corrected chi connectivity index (χ2v) is 9.33. The van der Waals surface area contributed by atoms with Gasteiger partial charge in [-0.2, -0.15) is 0 Å². The molecule has 2 aromatic carbocycles. The molecule has 35 heavy (non-hydrogen) atoms. The van der Waals surface area contributed by atoms with E-state index < -0.39 is 17.6 Å². The summed E-state index contributed by atoms with van der Waals surface area (Å²) in [6.07, 6.45) is 0.511. The number of rotatable bonds is 11. The maximum Gasteiger partial charge on any atom is 0.408 e. The van der Waals surface area contributed by atoms with E-state index in [-0.39, 0.29) is 30.9 Å². The van der Waals surface area contributed by atoms with Crippen molar-refractivity contribution >= 4 is 18.0 Å². The highest BCUT2D eigenvalue weighted by molar-refractivity contribution is 5.90. The maximum absolute atomic E-state index is 13.6. The number of carboxylic acid groups (broad SMARTS) is 1. The van der Waals surface area contributed by atoms with Gasteiger partial charge in [-0.15, -0.1) is 0 Å². The summed E-state index contributed by atoms with van der Waals surface area (Å²) in [5, 5.41) is 11.8. The topological polar surface area (TPSA) is 95.9 Å². The SMILES string of the molecule is CCC(CC)(NC(=O)OCC1c2ccccc2-c2ccccc21)C(=O)N(CCCC(=O)O)C(C)C. The van der Waals surface area contributed by atoms with Gasteiger partial charge in [-0.3, -0.25) is 9.59 Å². The number of carbonyl (C=O) groups excluding carboxylic acids is 2. The Morgan fingerprint density at radius 1 is 1.00 bits per heavy atom. The van der Waals surface area contributed by atoms with Crippen LogP contribution >= 0.6 is 0 Å². The van der Waals surface area contributed by atoms with Gasteiger partial charge in [0.25, 0.3) is 0 Å². The number of carbonyl (C=O) groups is 3. The lowest BCUT2D eigenvalue weighted by Crippen LogP contribution is -2.60. The largest absolute Gasteiger partial charge is 0.481 e. The number of nitrogens with one attached hydrogen (secondary N) is 1. The molecule has 7 heteroatoms. The zero-order valence-corrected chi connectivity index (χ0v) is 21.0. The summed E-state index contributed by atoms with van der Waals surface area (Å²) >= 11 is 0. The highest BCUT2D eigenvalue weighted by Crippen LogP contribution is 2.44. The average Bonchev–Trinajstić information content (AvgIpc) is 3.17. The second-order valence-electron chi connectivity index (χ2n) is 9.33. The smallest absolute Gasteiger partial charge is 0.408 e. The molecule has 0 heterocycles. The molecule has 1 aliphatic carbocycles. The molecule has 0 aromatic heterocycles. The molecule has 0 radical (unpaired) electrons. The summed E-state index contributed by atoms with van der Waals surface area (Å²) in [7, 11) is 0. The van der Waals surface area contributed by atoms with Crippen LogP contribution in [0.1, 0.15) is 70.4 Å². The van der Waals surface area contributed by atoms with E-state index in [9.17, 15) is 14.4 Å². The molecular formula is C28H36N2O5. The van der Waals surface area contributed by atoms with Crippen molar-refractivity contribution < 1.29 is 24.2 Å². The molecule has 0 fully saturated rings. The Balaban J connectivity index is 1.72. The van der Waals surface area contributed by atoms with Crippen LogP contribution in [0.5, 0.6) is 0 Å². The summed E-state index contributed by atoms with van der Waals surface area (Å²) in [5.41, 5.74) is 3.43. The van der Waals surface area contributed by atoms with Crippen LogP contribution < -0.4 is 5.32 Å². The Morgan fingerprint density at radius 2 is 1.54 bits per heavy atom. The van der Waals surface area contributed by atoms with Crippen LogP contribution in [0.2, 0.25) is 0 Å². The molecule has 1 aliphatic rings. The summed E-state index contributed by atoms with van der Waals surface area (Å²) in [5.74, 6) is -1.17. The van der Waals surface area contributed by atoms with Gasteiger partial charge in [-0.1, -0.05) is 62.4 Å². The average molecular weight is 481 g/mol. The van der Waals surface area contributed by atoms with E-state index in [1.807, 2.05) is 52.0 Å². The summed E-state index contributed by atoms with van der Waals surface area (Å²) in [6.45, 7) is 7.99. The number of amides is 2. The lowest BCUT2D eigenvalue weighted by Gasteiger charge is -2.38. The van der Waals surface area contributed by atoms with E-state index in [4.69, 9.17) is 9.84 Å². The number of aliphatic carboxylic acids is 1. The van der Waals surface area contributed by atoms with E-state index in [1.54, 1.807) is 4.90 Å². The van der Waals surface area contributed by atoms with Crippen LogP contribution in [0.4, 0.5) is 4.79 Å². The number of nitrogens with zero attached hydrogens (tertiary/aromatic N) is 1. The first-order chi connectivity index (χ1) is 16.7. The zero-order valence-electron chi connectivity index (χ0n) is 21.0. The summed E-state index contributed by atoms with van der Waals surface area (Å²) < 4.78 is 5.70. The number of alkyl carbamates (subject to hydrolysis) is 1. The van der Waals surface area contributed by atoms with E-state index in [2.05, 4.69) is 29.6 Å². The van der Waals surface area contributed by atoms with Gasteiger partial charge in [-0.05, 0) is 55.4 Å². The zero-order chi connectivity index (χ0) is 25.6. The Bertz CT molecular complexity index is 1020. The Labute approximate surface area is 207 Å². The fraction of sp³-hybridized carbons (Fsp3) is 0.464. The monoisotopic (exact) mass is 480 g/mol. The van der Waals surface area contributed by atoms with Crippen LogP contribution in [-0.4, -0.2) is 52.7 Å². The Morgan fingerprint density at radius 3 is 2.03 bits per heavy atom. The van der Waals surface area contributed by atoms with Crippen molar-refractivity contribution in [3.8, 4) is 11.1 Å². The third-order valence-corrected chi connectivity index (χ3v) is 6.98. The molecule has 0 saturated heterocycles. The van der Waals surface area contributed by atoms with Gasteiger partial charge < -0.3 is 20.1 Å². The first kappa shape index (κ1) is 26.3. The predicted octanol–water partition coefficient (Wildman–Crippen LogP) is 5.19. The molecule has 2 aromatic rings. The quantitative estimate of drug-likeness (QED) is 0.462. The predicted molar refractivity (Wildman–Crippen MR) is 135 cm³/mol. The van der Waals surface area contributed by atoms with Crippen LogP contribution in [0.25, 0.3) is 11.1 Å². The number of hydrogen-bond donors (Lipinski definition) is 2. The van der Waals surface area contributed by atoms with Crippen LogP contribution in [0, 0.1) is 0 Å². The van der Waals surface area contributed by atoms with Gasteiger partial charge in [0.1, 0.15) is 12.1 Å². The minimum atomic E-state index is -1.12. The molecule has 0 saturated carbocycles. The molecule has 188 valence electrons. The molecule has 0 atom stereocenters. The van der Waals surface area contributed by atoms with Gasteiger partial charge in [0.05, 0.1) is 0 Å². The number of hydrogen-bond acceptors (Lipinski definition) is 4. The first-order valence-corrected chi connectivity index (χ1v) is 12.4. The van der Waals surface area contributed by atoms with Crippen molar-refractivity contribution in [2.45, 2.75) is 70.9 Å². The molecule has 0 bridgehead atoms. The summed E-state index contributed by atoms with van der Waals surface area (Å²) in [6, 6.07) is 16.1. The van der Waals surface area contributed by atoms with E-state index in [0.717, 1.165) is 22.3 Å². The van der Waals surface area contributed by atoms with Crippen molar-refractivity contribution in [3.05, 3.63) is 59.7 Å². The number of fused-ring (bicyclic) bond motifs is 3. The van der Waals surface area contributed by atoms with Crippen LogP contribution in [0.15, 0.2) is 48.5 Å².